The molecule has 0 unspecified atom stereocenters. The summed E-state index contributed by atoms with van der Waals surface area (Å²) in [7, 11) is 0. The Morgan fingerprint density at radius 1 is 1.04 bits per heavy atom. The average Bonchev–Trinajstić information content (AvgIpc) is 2.55. The van der Waals surface area contributed by atoms with E-state index >= 15 is 0 Å². The number of nitrogens with one attached hydrogen (secondary N) is 4. The van der Waals surface area contributed by atoms with Crippen LogP contribution in [-0.2, 0) is 9.53 Å². The van der Waals surface area contributed by atoms with E-state index in [9.17, 15) is 9.59 Å². The highest BCUT2D eigenvalue weighted by Gasteiger charge is 2.16. The smallest absolute Gasteiger partial charge is 0.407 e. The fraction of sp³-hybridized carbons (Fsp3) is 0.833. The lowest BCUT2D eigenvalue weighted by Crippen LogP contribution is -2.43. The van der Waals surface area contributed by atoms with Crippen LogP contribution < -0.4 is 21.3 Å². The maximum absolute atomic E-state index is 12.0. The van der Waals surface area contributed by atoms with Gasteiger partial charge in [0.05, 0.1) is 0 Å². The number of hydrogen-bond acceptors (Lipinski definition) is 4. The molecule has 1 rings (SSSR count). The minimum absolute atomic E-state index is 0. The van der Waals surface area contributed by atoms with Crippen molar-refractivity contribution in [1.29, 1.82) is 0 Å². The van der Waals surface area contributed by atoms with Crippen LogP contribution in [0.3, 0.4) is 0 Å². The molecule has 0 radical (unpaired) electrons. The standard InChI is InChI=1S/C18H35N5O3.HI/c1-5-19-16(20-11-12-21-17(25)26-18(2,3)4)22-13-15(24)23-14-9-7-6-8-10-14;/h14H,5-13H2,1-4H3,(H,21,25)(H,23,24)(H2,19,20,22);1H. The van der Waals surface area contributed by atoms with Gasteiger partial charge in [-0.2, -0.15) is 0 Å². The number of amides is 2. The number of guanidine groups is 1. The Balaban J connectivity index is 0.00000676. The Hall–Kier alpha value is -1.26. The van der Waals surface area contributed by atoms with E-state index in [1.165, 1.54) is 19.3 Å². The van der Waals surface area contributed by atoms with Gasteiger partial charge in [0.15, 0.2) is 5.96 Å². The lowest BCUT2D eigenvalue weighted by atomic mass is 9.95. The summed E-state index contributed by atoms with van der Waals surface area (Å²) < 4.78 is 5.17. The van der Waals surface area contributed by atoms with Gasteiger partial charge in [-0.25, -0.2) is 9.79 Å². The molecule has 0 saturated heterocycles. The third kappa shape index (κ3) is 13.5. The largest absolute Gasteiger partial charge is 0.444 e. The van der Waals surface area contributed by atoms with Crippen LogP contribution in [0.5, 0.6) is 0 Å². The third-order valence-corrected chi connectivity index (χ3v) is 3.78. The highest BCUT2D eigenvalue weighted by Crippen LogP contribution is 2.17. The second-order valence-corrected chi connectivity index (χ2v) is 7.45. The molecule has 0 heterocycles. The van der Waals surface area contributed by atoms with Crippen LogP contribution in [0.2, 0.25) is 0 Å². The second-order valence-electron chi connectivity index (χ2n) is 7.45. The molecule has 1 aliphatic rings. The Kier molecular flexibility index (Phi) is 13.2. The molecule has 0 aromatic carbocycles. The predicted molar refractivity (Wildman–Crippen MR) is 119 cm³/mol. The molecule has 0 aromatic rings. The van der Waals surface area contributed by atoms with Crippen molar-refractivity contribution in [2.45, 2.75) is 71.4 Å². The van der Waals surface area contributed by atoms with Gasteiger partial charge in [0.25, 0.3) is 0 Å². The monoisotopic (exact) mass is 497 g/mol. The fourth-order valence-electron chi connectivity index (χ4n) is 2.67. The summed E-state index contributed by atoms with van der Waals surface area (Å²) in [6.45, 7) is 9.07. The highest BCUT2D eigenvalue weighted by molar-refractivity contribution is 14.0. The van der Waals surface area contributed by atoms with E-state index in [1.54, 1.807) is 0 Å². The zero-order chi connectivity index (χ0) is 19.4. The van der Waals surface area contributed by atoms with Crippen LogP contribution in [0.15, 0.2) is 4.99 Å². The predicted octanol–water partition coefficient (Wildman–Crippen LogP) is 2.13. The van der Waals surface area contributed by atoms with E-state index in [0.717, 1.165) is 12.8 Å². The van der Waals surface area contributed by atoms with Crippen molar-refractivity contribution in [2.75, 3.05) is 26.2 Å². The lowest BCUT2D eigenvalue weighted by molar-refractivity contribution is -0.120. The first-order chi connectivity index (χ1) is 12.3. The molecular formula is C18H36IN5O3. The SMILES string of the molecule is CCNC(=NCC(=O)NC1CCCCC1)NCCNC(=O)OC(C)(C)C.I. The van der Waals surface area contributed by atoms with Crippen LogP contribution in [0.4, 0.5) is 4.79 Å². The van der Waals surface area contributed by atoms with E-state index in [0.29, 0.717) is 31.6 Å². The third-order valence-electron chi connectivity index (χ3n) is 3.78. The molecule has 9 heteroatoms. The molecule has 0 aliphatic heterocycles. The summed E-state index contributed by atoms with van der Waals surface area (Å²) in [5.74, 6) is 0.498. The first kappa shape index (κ1) is 25.7. The van der Waals surface area contributed by atoms with Gasteiger partial charge >= 0.3 is 6.09 Å². The second kappa shape index (κ2) is 13.8. The van der Waals surface area contributed by atoms with Gasteiger partial charge in [-0.1, -0.05) is 19.3 Å². The first-order valence-electron chi connectivity index (χ1n) is 9.58. The fourth-order valence-corrected chi connectivity index (χ4v) is 2.67. The minimum atomic E-state index is -0.514. The summed E-state index contributed by atoms with van der Waals surface area (Å²) in [5.41, 5.74) is -0.514. The molecule has 0 bridgehead atoms. The van der Waals surface area contributed by atoms with Crippen molar-refractivity contribution >= 4 is 41.9 Å². The molecule has 1 saturated carbocycles. The van der Waals surface area contributed by atoms with Gasteiger partial charge in [0.2, 0.25) is 5.91 Å². The zero-order valence-corrected chi connectivity index (χ0v) is 19.4. The summed E-state index contributed by atoms with van der Waals surface area (Å²) in [6.07, 6.45) is 5.30. The number of carbonyl (C=O) groups is 2. The summed E-state index contributed by atoms with van der Waals surface area (Å²) in [4.78, 5) is 27.9. The summed E-state index contributed by atoms with van der Waals surface area (Å²) in [6, 6.07) is 0.292. The van der Waals surface area contributed by atoms with Crippen LogP contribution in [-0.4, -0.2) is 55.8 Å². The van der Waals surface area contributed by atoms with Crippen molar-refractivity contribution in [3.05, 3.63) is 0 Å². The minimum Gasteiger partial charge on any atom is -0.444 e. The van der Waals surface area contributed by atoms with Gasteiger partial charge in [-0.05, 0) is 40.5 Å². The normalized spacial score (nSPS) is 15.3. The molecule has 0 spiro atoms. The summed E-state index contributed by atoms with van der Waals surface area (Å²) >= 11 is 0. The van der Waals surface area contributed by atoms with Crippen LogP contribution in [0.1, 0.15) is 59.8 Å². The van der Waals surface area contributed by atoms with Crippen LogP contribution in [0, 0.1) is 0 Å². The van der Waals surface area contributed by atoms with Gasteiger partial charge < -0.3 is 26.0 Å². The van der Waals surface area contributed by atoms with Gasteiger partial charge in [0, 0.05) is 25.7 Å². The summed E-state index contributed by atoms with van der Waals surface area (Å²) in [5, 5.41) is 11.9. The highest BCUT2D eigenvalue weighted by atomic mass is 127. The number of alkyl carbamates (subject to hydrolysis) is 1. The Morgan fingerprint density at radius 2 is 1.67 bits per heavy atom. The average molecular weight is 497 g/mol. The molecule has 1 fully saturated rings. The number of halogens is 1. The number of aliphatic imine (C=N–C) groups is 1. The van der Waals surface area contributed by atoms with E-state index in [1.807, 2.05) is 27.7 Å². The molecule has 2 amide bonds. The molecule has 4 N–H and O–H groups in total. The van der Waals surface area contributed by atoms with E-state index < -0.39 is 11.7 Å². The maximum Gasteiger partial charge on any atom is 0.407 e. The molecule has 8 nitrogen and oxygen atoms in total. The van der Waals surface area contributed by atoms with E-state index in [2.05, 4.69) is 26.3 Å². The Morgan fingerprint density at radius 3 is 2.26 bits per heavy atom. The van der Waals surface area contributed by atoms with E-state index in [4.69, 9.17) is 4.74 Å². The van der Waals surface area contributed by atoms with Crippen molar-refractivity contribution in [1.82, 2.24) is 21.3 Å². The van der Waals surface area contributed by atoms with Gasteiger partial charge in [0.1, 0.15) is 12.1 Å². The van der Waals surface area contributed by atoms with Crippen LogP contribution >= 0.6 is 24.0 Å². The molecular weight excluding hydrogens is 461 g/mol. The van der Waals surface area contributed by atoms with Crippen molar-refractivity contribution in [2.24, 2.45) is 4.99 Å². The number of hydrogen-bond donors (Lipinski definition) is 4. The van der Waals surface area contributed by atoms with E-state index in [-0.39, 0.29) is 36.4 Å². The number of rotatable bonds is 7. The van der Waals surface area contributed by atoms with Crippen molar-refractivity contribution in [3.8, 4) is 0 Å². The molecule has 158 valence electrons. The molecule has 0 atom stereocenters. The Labute approximate surface area is 180 Å². The Bertz CT molecular complexity index is 474. The number of nitrogens with zero attached hydrogens (tertiary/aromatic N) is 1. The number of carbonyl (C=O) groups excluding carboxylic acids is 2. The first-order valence-corrected chi connectivity index (χ1v) is 9.58. The van der Waals surface area contributed by atoms with Gasteiger partial charge in [-0.3, -0.25) is 4.79 Å². The van der Waals surface area contributed by atoms with Crippen LogP contribution in [0.25, 0.3) is 0 Å². The lowest BCUT2D eigenvalue weighted by Gasteiger charge is -2.22. The van der Waals surface area contributed by atoms with Crippen molar-refractivity contribution < 1.29 is 14.3 Å². The zero-order valence-electron chi connectivity index (χ0n) is 17.0. The molecule has 27 heavy (non-hydrogen) atoms. The quantitative estimate of drug-likeness (QED) is 0.187. The maximum atomic E-state index is 12.0. The van der Waals surface area contributed by atoms with Gasteiger partial charge in [-0.15, -0.1) is 24.0 Å². The molecule has 1 aliphatic carbocycles. The van der Waals surface area contributed by atoms with Crippen molar-refractivity contribution in [3.63, 3.8) is 0 Å². The number of ether oxygens (including phenoxy) is 1. The molecule has 0 aromatic heterocycles. The topological polar surface area (TPSA) is 104 Å².